The number of rotatable bonds is 6. The number of piperidine rings is 1. The minimum Gasteiger partial charge on any atom is -0.457 e. The SMILES string of the molecule is C=CC(O)N1CCC[C@@H](n2nc(-c3ccc(Oc4cccc(F)c4)cc3)c3cncnc32)C1. The van der Waals surface area contributed by atoms with Gasteiger partial charge in [-0.1, -0.05) is 12.6 Å². The molecule has 1 fully saturated rings. The van der Waals surface area contributed by atoms with Gasteiger partial charge in [-0.3, -0.25) is 4.90 Å². The summed E-state index contributed by atoms with van der Waals surface area (Å²) in [6.45, 7) is 5.18. The van der Waals surface area contributed by atoms with Crippen LogP contribution in [-0.4, -0.2) is 49.1 Å². The van der Waals surface area contributed by atoms with Gasteiger partial charge in [0.05, 0.1) is 11.4 Å². The van der Waals surface area contributed by atoms with E-state index in [1.807, 2.05) is 33.8 Å². The van der Waals surface area contributed by atoms with Crippen LogP contribution >= 0.6 is 0 Å². The monoisotopic (exact) mass is 445 g/mol. The van der Waals surface area contributed by atoms with E-state index in [0.717, 1.165) is 41.7 Å². The van der Waals surface area contributed by atoms with Gasteiger partial charge in [-0.2, -0.15) is 5.10 Å². The minimum absolute atomic E-state index is 0.0788. The van der Waals surface area contributed by atoms with Gasteiger partial charge in [-0.25, -0.2) is 19.0 Å². The number of fused-ring (bicyclic) bond motifs is 1. The van der Waals surface area contributed by atoms with Crippen LogP contribution in [0.15, 0.2) is 73.7 Å². The number of aliphatic hydroxyl groups excluding tert-OH is 1. The van der Waals surface area contributed by atoms with Gasteiger partial charge in [0.25, 0.3) is 0 Å². The lowest BCUT2D eigenvalue weighted by Gasteiger charge is -2.34. The summed E-state index contributed by atoms with van der Waals surface area (Å²) in [5, 5.41) is 16.0. The molecule has 0 spiro atoms. The molecule has 7 nitrogen and oxygen atoms in total. The Morgan fingerprint density at radius 2 is 2.03 bits per heavy atom. The predicted molar refractivity (Wildman–Crippen MR) is 123 cm³/mol. The number of halogens is 1. The summed E-state index contributed by atoms with van der Waals surface area (Å²) in [4.78, 5) is 10.7. The Morgan fingerprint density at radius 1 is 1.18 bits per heavy atom. The summed E-state index contributed by atoms with van der Waals surface area (Å²) in [5.74, 6) is 0.697. The average Bonchev–Trinajstić information content (AvgIpc) is 3.24. The molecule has 2 aromatic carbocycles. The largest absolute Gasteiger partial charge is 0.457 e. The Balaban J connectivity index is 1.45. The van der Waals surface area contributed by atoms with Crippen LogP contribution in [0.4, 0.5) is 4.39 Å². The van der Waals surface area contributed by atoms with Crippen molar-refractivity contribution in [2.24, 2.45) is 0 Å². The summed E-state index contributed by atoms with van der Waals surface area (Å²) in [6, 6.07) is 13.6. The number of aromatic nitrogens is 4. The third kappa shape index (κ3) is 4.35. The summed E-state index contributed by atoms with van der Waals surface area (Å²) >= 11 is 0. The zero-order valence-corrected chi connectivity index (χ0v) is 18.0. The lowest BCUT2D eigenvalue weighted by Crippen LogP contribution is -2.42. The average molecular weight is 445 g/mol. The zero-order chi connectivity index (χ0) is 22.8. The molecule has 168 valence electrons. The second kappa shape index (κ2) is 9.09. The molecule has 0 amide bonds. The minimum atomic E-state index is -0.672. The van der Waals surface area contributed by atoms with Gasteiger partial charge in [-0.15, -0.1) is 0 Å². The van der Waals surface area contributed by atoms with E-state index in [-0.39, 0.29) is 11.9 Å². The fourth-order valence-corrected chi connectivity index (χ4v) is 4.27. The highest BCUT2D eigenvalue weighted by Crippen LogP contribution is 2.32. The standard InChI is InChI=1S/C25H24FN5O2/c1-2-23(32)30-12-4-6-19(15-30)31-25-22(14-27-16-28-25)24(29-31)17-8-10-20(11-9-17)33-21-7-3-5-18(26)13-21/h2-3,5,7-11,13-14,16,19,23,32H,1,4,6,12,15H2/t19-,23?/m1/s1. The lowest BCUT2D eigenvalue weighted by atomic mass is 10.1. The Kier molecular flexibility index (Phi) is 5.85. The molecule has 5 rings (SSSR count). The molecule has 1 N–H and O–H groups in total. The van der Waals surface area contributed by atoms with E-state index in [4.69, 9.17) is 9.84 Å². The Bertz CT molecular complexity index is 1270. The molecule has 1 unspecified atom stereocenters. The van der Waals surface area contributed by atoms with E-state index >= 15 is 0 Å². The molecule has 0 saturated carbocycles. The molecule has 8 heteroatoms. The van der Waals surface area contributed by atoms with Crippen molar-refractivity contribution in [3.63, 3.8) is 0 Å². The van der Waals surface area contributed by atoms with Gasteiger partial charge < -0.3 is 9.84 Å². The zero-order valence-electron chi connectivity index (χ0n) is 18.0. The normalized spacial score (nSPS) is 17.7. The summed E-state index contributed by atoms with van der Waals surface area (Å²) in [6.07, 6.45) is 6.07. The highest BCUT2D eigenvalue weighted by atomic mass is 19.1. The first-order valence-corrected chi connectivity index (χ1v) is 10.9. The summed E-state index contributed by atoms with van der Waals surface area (Å²) < 4.78 is 21.1. The third-order valence-corrected chi connectivity index (χ3v) is 5.89. The van der Waals surface area contributed by atoms with Crippen molar-refractivity contribution in [1.82, 2.24) is 24.6 Å². The molecule has 0 bridgehead atoms. The van der Waals surface area contributed by atoms with Gasteiger partial charge in [0.2, 0.25) is 0 Å². The van der Waals surface area contributed by atoms with Crippen molar-refractivity contribution in [1.29, 1.82) is 0 Å². The van der Waals surface area contributed by atoms with Crippen molar-refractivity contribution in [2.45, 2.75) is 25.1 Å². The number of hydrogen-bond donors (Lipinski definition) is 1. The van der Waals surface area contributed by atoms with Crippen LogP contribution in [0.25, 0.3) is 22.3 Å². The molecular weight excluding hydrogens is 421 g/mol. The third-order valence-electron chi connectivity index (χ3n) is 5.89. The Labute approximate surface area is 190 Å². The van der Waals surface area contributed by atoms with Gasteiger partial charge >= 0.3 is 0 Å². The van der Waals surface area contributed by atoms with Crippen molar-refractivity contribution in [2.75, 3.05) is 13.1 Å². The maximum Gasteiger partial charge on any atom is 0.162 e. The Hall–Kier alpha value is -3.62. The molecule has 1 saturated heterocycles. The number of ether oxygens (including phenoxy) is 1. The highest BCUT2D eigenvalue weighted by Gasteiger charge is 2.27. The maximum atomic E-state index is 13.4. The fraction of sp³-hybridized carbons (Fsp3) is 0.240. The fourth-order valence-electron chi connectivity index (χ4n) is 4.27. The lowest BCUT2D eigenvalue weighted by molar-refractivity contribution is 0.0127. The van der Waals surface area contributed by atoms with E-state index in [2.05, 4.69) is 16.5 Å². The first-order valence-electron chi connectivity index (χ1n) is 10.9. The van der Waals surface area contributed by atoms with Crippen LogP contribution < -0.4 is 4.74 Å². The van der Waals surface area contributed by atoms with E-state index in [1.165, 1.54) is 18.5 Å². The van der Waals surface area contributed by atoms with Crippen LogP contribution in [0.2, 0.25) is 0 Å². The van der Waals surface area contributed by atoms with Crippen molar-refractivity contribution >= 4 is 11.0 Å². The van der Waals surface area contributed by atoms with Gasteiger partial charge in [-0.05, 0) is 55.3 Å². The number of nitrogens with zero attached hydrogens (tertiary/aromatic N) is 5. The number of hydrogen-bond acceptors (Lipinski definition) is 6. The van der Waals surface area contributed by atoms with Crippen LogP contribution in [0.1, 0.15) is 18.9 Å². The van der Waals surface area contributed by atoms with E-state index in [9.17, 15) is 9.50 Å². The molecule has 3 heterocycles. The molecule has 0 radical (unpaired) electrons. The molecule has 0 aliphatic carbocycles. The maximum absolute atomic E-state index is 13.4. The molecule has 1 aliphatic heterocycles. The molecule has 2 atom stereocenters. The van der Waals surface area contributed by atoms with E-state index < -0.39 is 6.23 Å². The second-order valence-corrected chi connectivity index (χ2v) is 8.08. The smallest absolute Gasteiger partial charge is 0.162 e. The predicted octanol–water partition coefficient (Wildman–Crippen LogP) is 4.57. The Morgan fingerprint density at radius 3 is 2.82 bits per heavy atom. The van der Waals surface area contributed by atoms with Crippen LogP contribution in [-0.2, 0) is 0 Å². The summed E-state index contributed by atoms with van der Waals surface area (Å²) in [7, 11) is 0. The number of aliphatic hydroxyl groups is 1. The van der Waals surface area contributed by atoms with Gasteiger partial charge in [0, 0.05) is 30.9 Å². The van der Waals surface area contributed by atoms with E-state index in [0.29, 0.717) is 18.0 Å². The van der Waals surface area contributed by atoms with E-state index in [1.54, 1.807) is 24.4 Å². The molecule has 4 aromatic rings. The van der Waals surface area contributed by atoms with Crippen molar-refractivity contribution in [3.8, 4) is 22.8 Å². The first kappa shape index (κ1) is 21.2. The van der Waals surface area contributed by atoms with Crippen LogP contribution in [0.5, 0.6) is 11.5 Å². The molecule has 33 heavy (non-hydrogen) atoms. The first-order chi connectivity index (χ1) is 16.1. The summed E-state index contributed by atoms with van der Waals surface area (Å²) in [5.41, 5.74) is 2.45. The van der Waals surface area contributed by atoms with Crippen molar-refractivity contribution in [3.05, 3.63) is 79.5 Å². The quantitative estimate of drug-likeness (QED) is 0.438. The second-order valence-electron chi connectivity index (χ2n) is 8.08. The van der Waals surface area contributed by atoms with Crippen molar-refractivity contribution < 1.29 is 14.2 Å². The van der Waals surface area contributed by atoms with Gasteiger partial charge in [0.1, 0.15) is 35.6 Å². The van der Waals surface area contributed by atoms with Crippen LogP contribution in [0.3, 0.4) is 0 Å². The molecule has 1 aliphatic rings. The molecule has 2 aromatic heterocycles. The molecular formula is C25H24FN5O2. The topological polar surface area (TPSA) is 76.3 Å². The van der Waals surface area contributed by atoms with Gasteiger partial charge in [0.15, 0.2) is 5.65 Å². The number of likely N-dealkylation sites (tertiary alicyclic amines) is 1. The van der Waals surface area contributed by atoms with Crippen LogP contribution in [0, 0.1) is 5.82 Å². The highest BCUT2D eigenvalue weighted by molar-refractivity contribution is 5.90. The number of benzene rings is 2.